The first-order valence-corrected chi connectivity index (χ1v) is 11.1. The number of hydrogen-bond acceptors (Lipinski definition) is 6. The van der Waals surface area contributed by atoms with Crippen molar-refractivity contribution in [2.24, 2.45) is 4.99 Å². The summed E-state index contributed by atoms with van der Waals surface area (Å²) in [5.74, 6) is 0.309. The quantitative estimate of drug-likeness (QED) is 0.675. The highest BCUT2D eigenvalue weighted by atomic mass is 16.5. The number of hydrogen-bond donors (Lipinski definition) is 0. The van der Waals surface area contributed by atoms with E-state index >= 15 is 0 Å². The van der Waals surface area contributed by atoms with Gasteiger partial charge in [0, 0.05) is 6.54 Å². The van der Waals surface area contributed by atoms with Crippen LogP contribution in [-0.2, 0) is 9.53 Å². The second-order valence-electron chi connectivity index (χ2n) is 8.29. The Morgan fingerprint density at radius 2 is 2.00 bits per heavy atom. The number of benzene rings is 1. The normalized spacial score (nSPS) is 26.4. The van der Waals surface area contributed by atoms with Crippen LogP contribution in [0.3, 0.4) is 0 Å². The molecule has 6 rings (SSSR count). The lowest BCUT2D eigenvalue weighted by Gasteiger charge is -2.31. The minimum absolute atomic E-state index is 0.0650. The molecular formula is C24H25N3O5. The van der Waals surface area contributed by atoms with Crippen LogP contribution in [0.4, 0.5) is 0 Å². The van der Waals surface area contributed by atoms with E-state index in [9.17, 15) is 9.59 Å². The molecule has 3 aliphatic heterocycles. The molecule has 4 aliphatic rings. The molecule has 1 saturated carbocycles. The lowest BCUT2D eigenvalue weighted by Crippen LogP contribution is -2.41. The van der Waals surface area contributed by atoms with Crippen molar-refractivity contribution in [3.63, 3.8) is 0 Å². The number of oxazole rings is 1. The number of para-hydroxylation sites is 1. The number of ether oxygens (including phenoxy) is 2. The summed E-state index contributed by atoms with van der Waals surface area (Å²) in [4.78, 5) is 35.3. The van der Waals surface area contributed by atoms with Gasteiger partial charge >= 0.3 is 5.91 Å². The molecule has 0 unspecified atom stereocenters. The summed E-state index contributed by atoms with van der Waals surface area (Å²) in [6.07, 6.45) is 9.46. The van der Waals surface area contributed by atoms with E-state index in [1.165, 1.54) is 12.5 Å². The zero-order valence-corrected chi connectivity index (χ0v) is 17.7. The van der Waals surface area contributed by atoms with Gasteiger partial charge in [-0.05, 0) is 56.1 Å². The number of rotatable bonds is 1. The van der Waals surface area contributed by atoms with Gasteiger partial charge in [-0.1, -0.05) is 18.2 Å². The average molecular weight is 435 g/mol. The second-order valence-corrected chi connectivity index (χ2v) is 8.29. The molecule has 8 heteroatoms. The van der Waals surface area contributed by atoms with Crippen LogP contribution in [0.15, 0.2) is 58.1 Å². The monoisotopic (exact) mass is 435 g/mol. The van der Waals surface area contributed by atoms with Crippen molar-refractivity contribution in [1.29, 1.82) is 0 Å². The molecule has 0 spiro atoms. The molecule has 2 fully saturated rings. The number of aromatic nitrogens is 1. The maximum Gasteiger partial charge on any atom is 0.333 e. The predicted molar refractivity (Wildman–Crippen MR) is 115 cm³/mol. The molecule has 0 N–H and O–H groups in total. The third-order valence-electron chi connectivity index (χ3n) is 6.29. The van der Waals surface area contributed by atoms with E-state index in [4.69, 9.17) is 13.9 Å². The van der Waals surface area contributed by atoms with Crippen molar-refractivity contribution in [3.05, 3.63) is 60.1 Å². The Morgan fingerprint density at radius 3 is 2.81 bits per heavy atom. The van der Waals surface area contributed by atoms with Gasteiger partial charge in [0.05, 0.1) is 18.0 Å². The molecule has 8 nitrogen and oxygen atoms in total. The van der Waals surface area contributed by atoms with Crippen LogP contribution < -0.4 is 4.74 Å². The maximum atomic E-state index is 13.1. The lowest BCUT2D eigenvalue weighted by molar-refractivity contribution is -0.131. The maximum absolute atomic E-state index is 13.1. The van der Waals surface area contributed by atoms with E-state index in [-0.39, 0.29) is 24.5 Å². The van der Waals surface area contributed by atoms with Crippen LogP contribution in [0, 0.1) is 0 Å². The Labute approximate surface area is 185 Å². The average Bonchev–Trinajstić information content (AvgIpc) is 3.37. The number of aliphatic imine (C=N–C) groups is 1. The smallest absolute Gasteiger partial charge is 0.333 e. The van der Waals surface area contributed by atoms with Gasteiger partial charge < -0.3 is 18.8 Å². The van der Waals surface area contributed by atoms with E-state index in [2.05, 4.69) is 16.0 Å². The van der Waals surface area contributed by atoms with E-state index in [1.807, 2.05) is 18.2 Å². The fraction of sp³-hybridized carbons (Fsp3) is 0.417. The predicted octanol–water partition coefficient (Wildman–Crippen LogP) is 3.86. The SMILES string of the molecule is O=C(N=C1CCCN2C(=O)COc3ccccc3C3CCC(CC3)O/C=C/12)c1ncco1. The van der Waals surface area contributed by atoms with Crippen LogP contribution in [0.5, 0.6) is 5.75 Å². The fourth-order valence-corrected chi connectivity index (χ4v) is 4.65. The van der Waals surface area contributed by atoms with Gasteiger partial charge in [0.25, 0.3) is 11.8 Å². The van der Waals surface area contributed by atoms with Crippen LogP contribution >= 0.6 is 0 Å². The van der Waals surface area contributed by atoms with Crippen molar-refractivity contribution < 1.29 is 23.5 Å². The van der Waals surface area contributed by atoms with E-state index < -0.39 is 5.91 Å². The van der Waals surface area contributed by atoms with Crippen molar-refractivity contribution in [2.75, 3.05) is 13.2 Å². The molecule has 0 radical (unpaired) electrons. The highest BCUT2D eigenvalue weighted by molar-refractivity contribution is 6.10. The Balaban J connectivity index is 1.47. The highest BCUT2D eigenvalue weighted by Gasteiger charge is 2.31. The minimum Gasteiger partial charge on any atom is -0.496 e. The summed E-state index contributed by atoms with van der Waals surface area (Å²) in [5, 5.41) is 0. The summed E-state index contributed by atoms with van der Waals surface area (Å²) < 4.78 is 17.2. The molecule has 1 saturated heterocycles. The fourth-order valence-electron chi connectivity index (χ4n) is 4.65. The molecule has 1 aliphatic carbocycles. The number of nitrogens with zero attached hydrogens (tertiary/aromatic N) is 3. The number of piperidine rings is 1. The van der Waals surface area contributed by atoms with Crippen LogP contribution in [0.25, 0.3) is 0 Å². The number of allylic oxidation sites excluding steroid dienone is 1. The number of carbonyl (C=O) groups is 2. The standard InChI is InChI=1S/C24H25N3O5/c28-22-15-32-21-6-2-1-4-18(21)16-7-9-17(10-8-16)31-14-20-19(5-3-12-27(20)22)26-23(29)24-25-11-13-30-24/h1-2,4,6,11,13-14,16-17H,3,5,7-10,12,15H2/b20-14-,26-19?. The van der Waals surface area contributed by atoms with Gasteiger partial charge in [0.1, 0.15) is 24.0 Å². The zero-order valence-electron chi connectivity index (χ0n) is 17.7. The van der Waals surface area contributed by atoms with Gasteiger partial charge in [0.2, 0.25) is 0 Å². The molecule has 2 aromatic rings. The first-order chi connectivity index (χ1) is 15.7. The lowest BCUT2D eigenvalue weighted by atomic mass is 9.82. The molecule has 0 atom stereocenters. The van der Waals surface area contributed by atoms with Crippen LogP contribution in [0.2, 0.25) is 0 Å². The third kappa shape index (κ3) is 4.17. The van der Waals surface area contributed by atoms with Crippen molar-refractivity contribution in [3.8, 4) is 5.75 Å². The number of fused-ring (bicyclic) bond motifs is 5. The molecule has 1 aromatic heterocycles. The molecule has 4 heterocycles. The molecule has 32 heavy (non-hydrogen) atoms. The highest BCUT2D eigenvalue weighted by Crippen LogP contribution is 2.39. The second kappa shape index (κ2) is 8.98. The number of amides is 2. The molecular weight excluding hydrogens is 410 g/mol. The Morgan fingerprint density at radius 1 is 1.16 bits per heavy atom. The summed E-state index contributed by atoms with van der Waals surface area (Å²) in [6, 6.07) is 7.97. The van der Waals surface area contributed by atoms with Gasteiger partial charge in [-0.25, -0.2) is 9.98 Å². The Hall–Kier alpha value is -3.42. The largest absolute Gasteiger partial charge is 0.496 e. The summed E-state index contributed by atoms with van der Waals surface area (Å²) in [7, 11) is 0. The van der Waals surface area contributed by atoms with Crippen LogP contribution in [0.1, 0.15) is 60.7 Å². The van der Waals surface area contributed by atoms with Gasteiger partial charge in [-0.15, -0.1) is 0 Å². The van der Waals surface area contributed by atoms with Crippen molar-refractivity contribution >= 4 is 17.5 Å². The Bertz CT molecular complexity index is 1050. The van der Waals surface area contributed by atoms with Crippen molar-refractivity contribution in [1.82, 2.24) is 9.88 Å². The first-order valence-electron chi connectivity index (χ1n) is 11.1. The Kier molecular flexibility index (Phi) is 5.75. The molecule has 2 amide bonds. The van der Waals surface area contributed by atoms with E-state index in [0.717, 1.165) is 37.0 Å². The van der Waals surface area contributed by atoms with E-state index in [0.29, 0.717) is 36.7 Å². The molecule has 2 bridgehead atoms. The van der Waals surface area contributed by atoms with Crippen molar-refractivity contribution in [2.45, 2.75) is 50.5 Å². The topological polar surface area (TPSA) is 94.2 Å². The molecule has 1 aromatic carbocycles. The summed E-state index contributed by atoms with van der Waals surface area (Å²) >= 11 is 0. The first kappa shape index (κ1) is 20.5. The molecule has 166 valence electrons. The minimum atomic E-state index is -0.575. The third-order valence-corrected chi connectivity index (χ3v) is 6.29. The van der Waals surface area contributed by atoms with Crippen LogP contribution in [-0.4, -0.2) is 46.7 Å². The summed E-state index contributed by atoms with van der Waals surface area (Å²) in [6.45, 7) is 0.421. The number of carbonyl (C=O) groups excluding carboxylic acids is 2. The zero-order chi connectivity index (χ0) is 21.9. The van der Waals surface area contributed by atoms with Gasteiger partial charge in [-0.3, -0.25) is 9.59 Å². The van der Waals surface area contributed by atoms with E-state index in [1.54, 1.807) is 11.2 Å². The summed E-state index contributed by atoms with van der Waals surface area (Å²) in [5.41, 5.74) is 2.17. The van der Waals surface area contributed by atoms with Gasteiger partial charge in [0.15, 0.2) is 6.61 Å². The van der Waals surface area contributed by atoms with Gasteiger partial charge in [-0.2, -0.15) is 0 Å².